The van der Waals surface area contributed by atoms with Crippen molar-refractivity contribution in [2.75, 3.05) is 26.2 Å². The number of piperidine rings is 1. The first kappa shape index (κ1) is 20.1. The Morgan fingerprint density at radius 1 is 1.10 bits per heavy atom. The molecule has 0 radical (unpaired) electrons. The van der Waals surface area contributed by atoms with Gasteiger partial charge < -0.3 is 5.73 Å². The third-order valence-corrected chi connectivity index (χ3v) is 7.25. The van der Waals surface area contributed by atoms with E-state index in [0.717, 1.165) is 45.6 Å². The molecule has 2 fully saturated rings. The van der Waals surface area contributed by atoms with Crippen molar-refractivity contribution in [1.82, 2.24) is 9.80 Å². The van der Waals surface area contributed by atoms with Crippen molar-refractivity contribution in [3.63, 3.8) is 0 Å². The van der Waals surface area contributed by atoms with Crippen molar-refractivity contribution in [2.24, 2.45) is 11.7 Å². The van der Waals surface area contributed by atoms with E-state index >= 15 is 0 Å². The number of primary amides is 1. The standard InChI is InChI=1S/C25H33N3O/c1-19-16-27(17-20-7-4-3-5-8-20)18-25(19,2)28-13-11-21(12-14-28)22-9-6-10-23(15-22)24(26)29/h3-10,15,19,21H,11-14,16-18H2,1-2H3,(H2,26,29). The Hall–Kier alpha value is -2.17. The maximum absolute atomic E-state index is 11.5. The fraction of sp³-hybridized carbons (Fsp3) is 0.480. The molecule has 154 valence electrons. The molecular weight excluding hydrogens is 358 g/mol. The smallest absolute Gasteiger partial charge is 0.248 e. The van der Waals surface area contributed by atoms with Crippen molar-refractivity contribution in [3.05, 3.63) is 71.3 Å². The quantitative estimate of drug-likeness (QED) is 0.842. The molecule has 0 aliphatic carbocycles. The molecule has 0 aromatic heterocycles. The van der Waals surface area contributed by atoms with Crippen molar-refractivity contribution in [3.8, 4) is 0 Å². The lowest BCUT2D eigenvalue weighted by molar-refractivity contribution is 0.0547. The predicted molar refractivity (Wildman–Crippen MR) is 118 cm³/mol. The van der Waals surface area contributed by atoms with Crippen molar-refractivity contribution in [1.29, 1.82) is 0 Å². The molecule has 2 atom stereocenters. The molecule has 0 spiro atoms. The lowest BCUT2D eigenvalue weighted by Crippen LogP contribution is -2.54. The minimum atomic E-state index is -0.338. The molecule has 2 saturated heterocycles. The highest BCUT2D eigenvalue weighted by Gasteiger charge is 2.45. The number of amides is 1. The van der Waals surface area contributed by atoms with Crippen LogP contribution in [0.1, 0.15) is 54.1 Å². The van der Waals surface area contributed by atoms with Gasteiger partial charge in [-0.15, -0.1) is 0 Å². The minimum absolute atomic E-state index is 0.231. The summed E-state index contributed by atoms with van der Waals surface area (Å²) in [5.41, 5.74) is 8.98. The zero-order valence-electron chi connectivity index (χ0n) is 17.7. The molecule has 2 aromatic carbocycles. The van der Waals surface area contributed by atoms with Gasteiger partial charge >= 0.3 is 0 Å². The van der Waals surface area contributed by atoms with E-state index in [1.54, 1.807) is 0 Å². The number of carbonyl (C=O) groups excluding carboxylic acids is 1. The molecule has 2 aromatic rings. The van der Waals surface area contributed by atoms with E-state index in [1.165, 1.54) is 11.1 Å². The Morgan fingerprint density at radius 3 is 2.52 bits per heavy atom. The van der Waals surface area contributed by atoms with Crippen molar-refractivity contribution >= 4 is 5.91 Å². The molecule has 2 aliphatic heterocycles. The zero-order chi connectivity index (χ0) is 20.4. The number of carbonyl (C=O) groups is 1. The van der Waals surface area contributed by atoms with Gasteiger partial charge in [0.1, 0.15) is 0 Å². The third kappa shape index (κ3) is 4.24. The van der Waals surface area contributed by atoms with Crippen LogP contribution in [0.4, 0.5) is 0 Å². The molecule has 4 rings (SSSR count). The lowest BCUT2D eigenvalue weighted by atomic mass is 9.83. The fourth-order valence-electron chi connectivity index (χ4n) is 5.30. The van der Waals surface area contributed by atoms with E-state index in [0.29, 0.717) is 17.4 Å². The Kier molecular flexibility index (Phi) is 5.75. The van der Waals surface area contributed by atoms with Gasteiger partial charge in [0.05, 0.1) is 0 Å². The van der Waals surface area contributed by atoms with Gasteiger partial charge in [0.2, 0.25) is 5.91 Å². The van der Waals surface area contributed by atoms with Crippen LogP contribution in [-0.2, 0) is 6.54 Å². The van der Waals surface area contributed by atoms with E-state index in [9.17, 15) is 4.79 Å². The highest BCUT2D eigenvalue weighted by atomic mass is 16.1. The van der Waals surface area contributed by atoms with E-state index in [1.807, 2.05) is 18.2 Å². The van der Waals surface area contributed by atoms with Crippen LogP contribution in [0.3, 0.4) is 0 Å². The van der Waals surface area contributed by atoms with Crippen molar-refractivity contribution in [2.45, 2.75) is 44.7 Å². The van der Waals surface area contributed by atoms with Gasteiger partial charge in [0, 0.05) is 30.7 Å². The average molecular weight is 392 g/mol. The number of hydrogen-bond acceptors (Lipinski definition) is 3. The van der Waals surface area contributed by atoms with Crippen LogP contribution in [0.2, 0.25) is 0 Å². The Morgan fingerprint density at radius 2 is 1.83 bits per heavy atom. The van der Waals surface area contributed by atoms with Gasteiger partial charge in [-0.3, -0.25) is 14.6 Å². The Labute approximate surface area is 174 Å². The highest BCUT2D eigenvalue weighted by Crippen LogP contribution is 2.38. The third-order valence-electron chi connectivity index (χ3n) is 7.25. The van der Waals surface area contributed by atoms with Crippen LogP contribution < -0.4 is 5.73 Å². The summed E-state index contributed by atoms with van der Waals surface area (Å²) in [6.45, 7) is 10.4. The number of nitrogens with zero attached hydrogens (tertiary/aromatic N) is 2. The summed E-state index contributed by atoms with van der Waals surface area (Å²) in [7, 11) is 0. The second-order valence-corrected chi connectivity index (χ2v) is 9.16. The molecule has 2 N–H and O–H groups in total. The largest absolute Gasteiger partial charge is 0.366 e. The summed E-state index contributed by atoms with van der Waals surface area (Å²) >= 11 is 0. The van der Waals surface area contributed by atoms with Crippen LogP contribution >= 0.6 is 0 Å². The van der Waals surface area contributed by atoms with E-state index < -0.39 is 0 Å². The summed E-state index contributed by atoms with van der Waals surface area (Å²) in [6.07, 6.45) is 2.28. The fourth-order valence-corrected chi connectivity index (χ4v) is 5.30. The number of nitrogens with two attached hydrogens (primary N) is 1. The van der Waals surface area contributed by atoms with Crippen LogP contribution in [0.25, 0.3) is 0 Å². The summed E-state index contributed by atoms with van der Waals surface area (Å²) in [5.74, 6) is 0.835. The van der Waals surface area contributed by atoms with Gasteiger partial charge in [-0.25, -0.2) is 0 Å². The second kappa shape index (κ2) is 8.29. The summed E-state index contributed by atoms with van der Waals surface area (Å²) in [6, 6.07) is 18.7. The molecule has 2 unspecified atom stereocenters. The summed E-state index contributed by atoms with van der Waals surface area (Å²) in [4.78, 5) is 16.8. The van der Waals surface area contributed by atoms with Crippen molar-refractivity contribution < 1.29 is 4.79 Å². The topological polar surface area (TPSA) is 49.6 Å². The lowest BCUT2D eigenvalue weighted by Gasteiger charge is -2.45. The van der Waals surface area contributed by atoms with Gasteiger partial charge in [-0.05, 0) is 68.0 Å². The van der Waals surface area contributed by atoms with Crippen LogP contribution in [0.15, 0.2) is 54.6 Å². The van der Waals surface area contributed by atoms with Crippen LogP contribution in [0.5, 0.6) is 0 Å². The first-order chi connectivity index (χ1) is 14.0. The predicted octanol–water partition coefficient (Wildman–Crippen LogP) is 3.88. The number of rotatable bonds is 5. The Balaban J connectivity index is 1.38. The van der Waals surface area contributed by atoms with Gasteiger partial charge in [0.15, 0.2) is 0 Å². The van der Waals surface area contributed by atoms with Crippen LogP contribution in [-0.4, -0.2) is 47.4 Å². The summed E-state index contributed by atoms with van der Waals surface area (Å²) in [5, 5.41) is 0. The maximum atomic E-state index is 11.5. The molecule has 1 amide bonds. The molecule has 4 nitrogen and oxygen atoms in total. The molecule has 2 aliphatic rings. The monoisotopic (exact) mass is 391 g/mol. The molecule has 4 heteroatoms. The molecule has 2 heterocycles. The first-order valence-corrected chi connectivity index (χ1v) is 10.9. The number of hydrogen-bond donors (Lipinski definition) is 1. The molecule has 0 bridgehead atoms. The molecule has 29 heavy (non-hydrogen) atoms. The van der Waals surface area contributed by atoms with Gasteiger partial charge in [0.25, 0.3) is 0 Å². The van der Waals surface area contributed by atoms with Crippen LogP contribution in [0, 0.1) is 5.92 Å². The van der Waals surface area contributed by atoms with Gasteiger partial charge in [-0.1, -0.05) is 49.4 Å². The first-order valence-electron chi connectivity index (χ1n) is 10.9. The highest BCUT2D eigenvalue weighted by molar-refractivity contribution is 5.92. The number of likely N-dealkylation sites (tertiary alicyclic amines) is 2. The average Bonchev–Trinajstić information content (AvgIpc) is 3.03. The minimum Gasteiger partial charge on any atom is -0.366 e. The number of benzene rings is 2. The van der Waals surface area contributed by atoms with Gasteiger partial charge in [-0.2, -0.15) is 0 Å². The van der Waals surface area contributed by atoms with E-state index in [2.05, 4.69) is 60.0 Å². The van der Waals surface area contributed by atoms with E-state index in [4.69, 9.17) is 5.73 Å². The maximum Gasteiger partial charge on any atom is 0.248 e. The Bertz CT molecular complexity index is 844. The SMILES string of the molecule is CC1CN(Cc2ccccc2)CC1(C)N1CCC(c2cccc(C(N)=O)c2)CC1. The molecular formula is C25H33N3O. The normalized spacial score (nSPS) is 26.6. The van der Waals surface area contributed by atoms with E-state index in [-0.39, 0.29) is 11.4 Å². The second-order valence-electron chi connectivity index (χ2n) is 9.16. The summed E-state index contributed by atoms with van der Waals surface area (Å²) < 4.78 is 0. The zero-order valence-corrected chi connectivity index (χ0v) is 17.7. The molecule has 0 saturated carbocycles.